The third-order valence-corrected chi connectivity index (χ3v) is 15.0. The number of fused-ring (bicyclic) bond motifs is 8. The second-order valence-corrected chi connectivity index (χ2v) is 20.4. The lowest BCUT2D eigenvalue weighted by atomic mass is 9.81. The van der Waals surface area contributed by atoms with Crippen LogP contribution in [0.2, 0.25) is 0 Å². The zero-order chi connectivity index (χ0) is 48.3. The molecule has 348 valence electrons. The first-order valence-corrected chi connectivity index (χ1v) is 25.2. The lowest BCUT2D eigenvalue weighted by molar-refractivity contribution is 0.591. The summed E-state index contributed by atoms with van der Waals surface area (Å²) in [6.45, 7) is 6.90. The molecule has 0 spiro atoms. The molecule has 0 aliphatic heterocycles. The minimum absolute atomic E-state index is 0. The summed E-state index contributed by atoms with van der Waals surface area (Å²) in [5, 5.41) is 20.5. The van der Waals surface area contributed by atoms with Gasteiger partial charge in [0.25, 0.3) is 0 Å². The van der Waals surface area contributed by atoms with Crippen LogP contribution in [0.1, 0.15) is 33.8 Å². The van der Waals surface area contributed by atoms with Gasteiger partial charge in [0, 0.05) is 0 Å². The van der Waals surface area contributed by atoms with E-state index in [1.165, 1.54) is 136 Å². The molecule has 14 aromatic carbocycles. The van der Waals surface area contributed by atoms with Gasteiger partial charge < -0.3 is 0 Å². The molecule has 14 rings (SSSR count). The van der Waals surface area contributed by atoms with Gasteiger partial charge in [-0.2, -0.15) is 0 Å². The molecule has 0 atom stereocenters. The van der Waals surface area contributed by atoms with Crippen molar-refractivity contribution in [2.24, 2.45) is 0 Å². The van der Waals surface area contributed by atoms with Crippen LogP contribution in [0.3, 0.4) is 0 Å². The summed E-state index contributed by atoms with van der Waals surface area (Å²) in [6.07, 6.45) is 0. The molecule has 0 unspecified atom stereocenters. The van der Waals surface area contributed by atoms with Crippen LogP contribution in [0.15, 0.2) is 261 Å². The molecule has 0 fully saturated rings. The van der Waals surface area contributed by atoms with Crippen molar-refractivity contribution >= 4 is 86.2 Å². The number of hydrogen-bond acceptors (Lipinski definition) is 0. The summed E-state index contributed by atoms with van der Waals surface area (Å²) in [5.41, 5.74) is 11.7. The summed E-state index contributed by atoms with van der Waals surface area (Å²) in [7, 11) is 0. The van der Waals surface area contributed by atoms with Crippen molar-refractivity contribution in [2.75, 3.05) is 0 Å². The Morgan fingerprint density at radius 2 is 0.438 bits per heavy atom. The molecule has 73 heavy (non-hydrogen) atoms. The van der Waals surface area contributed by atoms with Gasteiger partial charge in [0.2, 0.25) is 0 Å². The molecule has 0 aliphatic carbocycles. The Bertz CT molecular complexity index is 4230. The van der Waals surface area contributed by atoms with Crippen molar-refractivity contribution in [2.45, 2.75) is 33.6 Å². The first kappa shape index (κ1) is 45.3. The van der Waals surface area contributed by atoms with Gasteiger partial charge >= 0.3 is 0 Å². The zero-order valence-electron chi connectivity index (χ0n) is 40.8. The van der Waals surface area contributed by atoms with Crippen LogP contribution in [-0.4, -0.2) is 0 Å². The molecule has 14 aromatic rings. The average Bonchev–Trinajstić information content (AvgIpc) is 3.43. The monoisotopic (exact) mass is 932 g/mol. The fourth-order valence-corrected chi connectivity index (χ4v) is 11.4. The highest BCUT2D eigenvalue weighted by molar-refractivity contribution is 6.23. The van der Waals surface area contributed by atoms with Crippen LogP contribution < -0.4 is 0 Å². The molecule has 0 nitrogen and oxygen atoms in total. The fraction of sp³-hybridized carbons (Fsp3) is 0.0685. The molecule has 0 heterocycles. The Morgan fingerprint density at radius 1 is 0.205 bits per heavy atom. The number of hydrogen-bond donors (Lipinski definition) is 0. The predicted octanol–water partition coefficient (Wildman–Crippen LogP) is 21.2. The van der Waals surface area contributed by atoms with Gasteiger partial charge in [-0.05, 0) is 172 Å². The highest BCUT2D eigenvalue weighted by atomic mass is 14.2. The summed E-state index contributed by atoms with van der Waals surface area (Å²) in [6, 6.07) is 95.8. The minimum atomic E-state index is 0. The molecule has 0 aromatic heterocycles. The molecule has 0 heteroatoms. The van der Waals surface area contributed by atoms with E-state index < -0.39 is 0 Å². The summed E-state index contributed by atoms with van der Waals surface area (Å²) >= 11 is 0. The quantitative estimate of drug-likeness (QED) is 0.154. The largest absolute Gasteiger partial charge is 0.0776 e. The Balaban J connectivity index is 0.000000148. The SMILES string of the molecule is C.CC(C)(C)c1ccc2c(-c3ccc4ccccc4c3)c3ccccc3c(-c3ccc4ccccc4c3)c2c1.c1ccc2cc(-c3c4ccccc4c(-c4ccc5ccccc5c4)c4ccccc34)ccc2c1. The average molecular weight is 933 g/mol. The number of benzene rings is 14. The van der Waals surface area contributed by atoms with E-state index in [1.807, 2.05) is 0 Å². The van der Waals surface area contributed by atoms with E-state index in [9.17, 15) is 0 Å². The van der Waals surface area contributed by atoms with Gasteiger partial charge in [0.05, 0.1) is 0 Å². The maximum Gasteiger partial charge on any atom is -0.00260 e. The predicted molar refractivity (Wildman–Crippen MR) is 320 cm³/mol. The van der Waals surface area contributed by atoms with E-state index in [4.69, 9.17) is 0 Å². The number of rotatable bonds is 4. The molecule has 0 saturated carbocycles. The Hall–Kier alpha value is -8.84. The Morgan fingerprint density at radius 3 is 0.712 bits per heavy atom. The van der Waals surface area contributed by atoms with E-state index in [-0.39, 0.29) is 12.8 Å². The van der Waals surface area contributed by atoms with Crippen LogP contribution in [0.4, 0.5) is 0 Å². The van der Waals surface area contributed by atoms with Crippen molar-refractivity contribution in [3.05, 3.63) is 266 Å². The van der Waals surface area contributed by atoms with Gasteiger partial charge in [-0.3, -0.25) is 0 Å². The van der Waals surface area contributed by atoms with E-state index in [0.29, 0.717) is 0 Å². The zero-order valence-corrected chi connectivity index (χ0v) is 40.8. The van der Waals surface area contributed by atoms with Crippen LogP contribution in [0.5, 0.6) is 0 Å². The molecule has 0 amide bonds. The van der Waals surface area contributed by atoms with Crippen LogP contribution in [0, 0.1) is 0 Å². The van der Waals surface area contributed by atoms with Gasteiger partial charge in [-0.1, -0.05) is 259 Å². The van der Waals surface area contributed by atoms with Crippen molar-refractivity contribution in [3.63, 3.8) is 0 Å². The molecule has 0 N–H and O–H groups in total. The van der Waals surface area contributed by atoms with Gasteiger partial charge in [-0.15, -0.1) is 0 Å². The lowest BCUT2D eigenvalue weighted by Gasteiger charge is -2.23. The summed E-state index contributed by atoms with van der Waals surface area (Å²) in [4.78, 5) is 0. The second kappa shape index (κ2) is 18.4. The van der Waals surface area contributed by atoms with Gasteiger partial charge in [0.1, 0.15) is 0 Å². The van der Waals surface area contributed by atoms with Crippen molar-refractivity contribution in [3.8, 4) is 44.5 Å². The molecule has 0 radical (unpaired) electrons. The van der Waals surface area contributed by atoms with Gasteiger partial charge in [-0.25, -0.2) is 0 Å². The maximum absolute atomic E-state index is 2.44. The van der Waals surface area contributed by atoms with Crippen LogP contribution in [-0.2, 0) is 5.41 Å². The van der Waals surface area contributed by atoms with E-state index >= 15 is 0 Å². The van der Waals surface area contributed by atoms with Crippen molar-refractivity contribution in [1.29, 1.82) is 0 Å². The van der Waals surface area contributed by atoms with Crippen molar-refractivity contribution < 1.29 is 0 Å². The highest BCUT2D eigenvalue weighted by Crippen LogP contribution is 2.47. The summed E-state index contributed by atoms with van der Waals surface area (Å²) < 4.78 is 0. The first-order valence-electron chi connectivity index (χ1n) is 25.2. The molecular weight excluding hydrogens is 877 g/mol. The van der Waals surface area contributed by atoms with Gasteiger partial charge in [0.15, 0.2) is 0 Å². The first-order chi connectivity index (χ1) is 35.3. The summed E-state index contributed by atoms with van der Waals surface area (Å²) in [5.74, 6) is 0. The second-order valence-electron chi connectivity index (χ2n) is 20.4. The van der Waals surface area contributed by atoms with Crippen LogP contribution >= 0.6 is 0 Å². The Labute approximate surface area is 428 Å². The standard InChI is InChI=1S/C38H30.C34H22.CH4/c1-38(2,3)31-20-21-34-35(24-31)37(30-19-17-26-11-5-7-13-28(26)23-30)33-15-9-8-14-32(33)36(34)29-18-16-25-10-4-6-12-27(25)22-29;1-3-11-25-21-27(19-17-23(25)9-1)33-29-13-5-7-15-31(29)34(32-16-8-6-14-30(32)33)28-20-18-24-10-2-4-12-26(24)22-28;/h4-24H,1-3H3;1-22H;1H4. The smallest absolute Gasteiger partial charge is 0.00260 e. The third-order valence-electron chi connectivity index (χ3n) is 15.0. The minimum Gasteiger partial charge on any atom is -0.0776 e. The topological polar surface area (TPSA) is 0 Å². The lowest BCUT2D eigenvalue weighted by Crippen LogP contribution is -2.10. The third kappa shape index (κ3) is 8.06. The van der Waals surface area contributed by atoms with E-state index in [0.717, 1.165) is 0 Å². The maximum atomic E-state index is 2.44. The van der Waals surface area contributed by atoms with Crippen LogP contribution in [0.25, 0.3) is 131 Å². The van der Waals surface area contributed by atoms with E-state index in [1.54, 1.807) is 0 Å². The molecular formula is C73H56. The normalized spacial score (nSPS) is 11.7. The molecule has 0 aliphatic rings. The van der Waals surface area contributed by atoms with Crippen molar-refractivity contribution in [1.82, 2.24) is 0 Å². The fourth-order valence-electron chi connectivity index (χ4n) is 11.4. The molecule has 0 bridgehead atoms. The molecule has 0 saturated heterocycles. The van der Waals surface area contributed by atoms with E-state index in [2.05, 4.69) is 282 Å². The highest BCUT2D eigenvalue weighted by Gasteiger charge is 2.21. The Kier molecular flexibility index (Phi) is 11.4.